The second-order valence-electron chi connectivity index (χ2n) is 6.88. The van der Waals surface area contributed by atoms with Gasteiger partial charge in [0.25, 0.3) is 0 Å². The van der Waals surface area contributed by atoms with Gasteiger partial charge in [-0.25, -0.2) is 0 Å². The normalized spacial score (nSPS) is 38.9. The topological polar surface area (TPSA) is 71.1 Å². The minimum Gasteiger partial charge on any atom is -0.346 e. The van der Waals surface area contributed by atoms with Crippen molar-refractivity contribution in [2.45, 2.75) is 25.4 Å². The number of hydrogen-bond donors (Lipinski definition) is 0. The average molecular weight is 336 g/mol. The zero-order valence-corrected chi connectivity index (χ0v) is 14.9. The van der Waals surface area contributed by atoms with Crippen LogP contribution in [0.3, 0.4) is 0 Å². The van der Waals surface area contributed by atoms with Crippen LogP contribution in [0.15, 0.2) is 23.8 Å². The van der Waals surface area contributed by atoms with Gasteiger partial charge in [0.2, 0.25) is 23.1 Å². The summed E-state index contributed by atoms with van der Waals surface area (Å²) in [6.07, 6.45) is 5.66. The number of carbonyl (C=O) groups is 2. The SMILES string of the molecule is COC1(OC)C(=O)C(C)=C[C@H]2[C@H]1[C@@H]1C=C[C@@]2(C)C(=O)C1(OC)OC. The second-order valence-corrected chi connectivity index (χ2v) is 6.88. The number of Topliss-reactive ketones (excluding diaryl/α,β-unsaturated/α-hetero) is 2. The van der Waals surface area contributed by atoms with E-state index >= 15 is 0 Å². The highest BCUT2D eigenvalue weighted by Crippen LogP contribution is 2.61. The number of methoxy groups -OCH3 is 4. The number of ether oxygens (including phenoxy) is 4. The molecule has 0 heterocycles. The molecular formula is C18H24O6. The third-order valence-electron chi connectivity index (χ3n) is 6.12. The molecule has 132 valence electrons. The molecule has 0 aliphatic heterocycles. The van der Waals surface area contributed by atoms with Gasteiger partial charge in [0.15, 0.2) is 0 Å². The lowest BCUT2D eigenvalue weighted by Crippen LogP contribution is -2.72. The molecule has 4 rings (SSSR count). The molecule has 1 fully saturated rings. The Hall–Kier alpha value is -1.34. The van der Waals surface area contributed by atoms with Crippen molar-refractivity contribution in [3.8, 4) is 0 Å². The van der Waals surface area contributed by atoms with Gasteiger partial charge in [-0.1, -0.05) is 18.2 Å². The van der Waals surface area contributed by atoms with Crippen LogP contribution in [0.1, 0.15) is 13.8 Å². The van der Waals surface area contributed by atoms with Gasteiger partial charge < -0.3 is 18.9 Å². The lowest BCUT2D eigenvalue weighted by Gasteiger charge is -2.61. The standard InChI is InChI=1S/C18H24O6/c1-10-9-12-13(18(23-5,24-6)14(10)19)11-7-8-16(12,2)15(20)17(11,21-3)22-4/h7-9,11-13H,1-6H3/t11-,12-,13+,16+/m0/s1. The Balaban J connectivity index is 2.30. The van der Waals surface area contributed by atoms with Gasteiger partial charge in [-0.3, -0.25) is 9.59 Å². The third kappa shape index (κ3) is 1.69. The van der Waals surface area contributed by atoms with E-state index in [0.29, 0.717) is 5.57 Å². The van der Waals surface area contributed by atoms with Crippen molar-refractivity contribution in [3.05, 3.63) is 23.8 Å². The van der Waals surface area contributed by atoms with Crippen molar-refractivity contribution in [2.75, 3.05) is 28.4 Å². The summed E-state index contributed by atoms with van der Waals surface area (Å²) in [5.41, 5.74) is -0.328. The third-order valence-corrected chi connectivity index (χ3v) is 6.12. The molecule has 0 saturated heterocycles. The van der Waals surface area contributed by atoms with Crippen LogP contribution in [-0.2, 0) is 28.5 Å². The van der Waals surface area contributed by atoms with E-state index in [2.05, 4.69) is 0 Å². The molecule has 0 unspecified atom stereocenters. The lowest BCUT2D eigenvalue weighted by molar-refractivity contribution is -0.302. The Kier molecular flexibility index (Phi) is 3.88. The van der Waals surface area contributed by atoms with Crippen LogP contribution >= 0.6 is 0 Å². The number of allylic oxidation sites excluding steroid dienone is 2. The van der Waals surface area contributed by atoms with E-state index in [1.54, 1.807) is 6.92 Å². The number of hydrogen-bond acceptors (Lipinski definition) is 6. The van der Waals surface area contributed by atoms with Crippen molar-refractivity contribution in [1.82, 2.24) is 0 Å². The van der Waals surface area contributed by atoms with E-state index < -0.39 is 28.8 Å². The van der Waals surface area contributed by atoms with E-state index in [-0.39, 0.29) is 17.5 Å². The van der Waals surface area contributed by atoms with E-state index in [0.717, 1.165) is 0 Å². The molecule has 4 aliphatic rings. The van der Waals surface area contributed by atoms with Crippen LogP contribution in [0.4, 0.5) is 0 Å². The summed E-state index contributed by atoms with van der Waals surface area (Å²) in [5.74, 6) is -4.47. The molecule has 4 atom stereocenters. The molecule has 24 heavy (non-hydrogen) atoms. The monoisotopic (exact) mass is 336 g/mol. The van der Waals surface area contributed by atoms with Crippen LogP contribution in [0, 0.1) is 23.2 Å². The van der Waals surface area contributed by atoms with Crippen LogP contribution in [0.2, 0.25) is 0 Å². The summed E-state index contributed by atoms with van der Waals surface area (Å²) in [7, 11) is 5.80. The zero-order valence-electron chi connectivity index (χ0n) is 14.9. The van der Waals surface area contributed by atoms with Gasteiger partial charge >= 0.3 is 0 Å². The highest BCUT2D eigenvalue weighted by atomic mass is 16.7. The highest BCUT2D eigenvalue weighted by Gasteiger charge is 2.72. The van der Waals surface area contributed by atoms with E-state index in [1.165, 1.54) is 28.4 Å². The van der Waals surface area contributed by atoms with Crippen LogP contribution in [0.5, 0.6) is 0 Å². The number of carbonyl (C=O) groups excluding carboxylic acids is 2. The van der Waals surface area contributed by atoms with E-state index in [9.17, 15) is 9.59 Å². The maximum atomic E-state index is 13.2. The first-order valence-electron chi connectivity index (χ1n) is 7.97. The minimum atomic E-state index is -1.47. The Morgan fingerprint density at radius 3 is 1.96 bits per heavy atom. The summed E-state index contributed by atoms with van der Waals surface area (Å²) >= 11 is 0. The first-order valence-corrected chi connectivity index (χ1v) is 7.97. The first kappa shape index (κ1) is 17.5. The Bertz CT molecular complexity index is 640. The van der Waals surface area contributed by atoms with Gasteiger partial charge in [0.05, 0.1) is 5.41 Å². The summed E-state index contributed by atoms with van der Waals surface area (Å²) < 4.78 is 22.4. The Labute approximate surface area is 141 Å². The molecule has 6 heteroatoms. The lowest BCUT2D eigenvalue weighted by atomic mass is 9.48. The number of rotatable bonds is 4. The maximum absolute atomic E-state index is 13.2. The minimum absolute atomic E-state index is 0.145. The largest absolute Gasteiger partial charge is 0.346 e. The first-order chi connectivity index (χ1) is 11.3. The van der Waals surface area contributed by atoms with Crippen LogP contribution in [-0.4, -0.2) is 51.6 Å². The van der Waals surface area contributed by atoms with Crippen molar-refractivity contribution >= 4 is 11.6 Å². The summed E-state index contributed by atoms with van der Waals surface area (Å²) in [6, 6.07) is 0. The molecule has 2 bridgehead atoms. The van der Waals surface area contributed by atoms with Gasteiger partial charge in [-0.15, -0.1) is 0 Å². The zero-order chi connectivity index (χ0) is 17.9. The highest BCUT2D eigenvalue weighted by molar-refractivity contribution is 6.04. The summed E-state index contributed by atoms with van der Waals surface area (Å²) in [6.45, 7) is 3.58. The van der Waals surface area contributed by atoms with E-state index in [4.69, 9.17) is 18.9 Å². The molecule has 0 aromatic heterocycles. The Morgan fingerprint density at radius 2 is 1.46 bits per heavy atom. The van der Waals surface area contributed by atoms with Crippen LogP contribution in [0.25, 0.3) is 0 Å². The molecule has 0 spiro atoms. The predicted molar refractivity (Wildman–Crippen MR) is 85.0 cm³/mol. The number of fused-ring (bicyclic) bond motifs is 1. The molecule has 0 radical (unpaired) electrons. The summed E-state index contributed by atoms with van der Waals surface area (Å²) in [4.78, 5) is 26.1. The van der Waals surface area contributed by atoms with Gasteiger partial charge in [-0.05, 0) is 19.4 Å². The second kappa shape index (κ2) is 5.33. The molecule has 0 aromatic carbocycles. The van der Waals surface area contributed by atoms with Gasteiger partial charge in [0, 0.05) is 46.2 Å². The fourth-order valence-electron chi connectivity index (χ4n) is 4.85. The van der Waals surface area contributed by atoms with Crippen LogP contribution < -0.4 is 0 Å². The fraction of sp³-hybridized carbons (Fsp3) is 0.667. The molecule has 4 aliphatic carbocycles. The Morgan fingerprint density at radius 1 is 0.917 bits per heavy atom. The quantitative estimate of drug-likeness (QED) is 0.572. The van der Waals surface area contributed by atoms with Crippen molar-refractivity contribution in [3.63, 3.8) is 0 Å². The van der Waals surface area contributed by atoms with E-state index in [1.807, 2.05) is 25.2 Å². The molecule has 0 N–H and O–H groups in total. The number of ketones is 2. The van der Waals surface area contributed by atoms with Crippen molar-refractivity contribution in [2.24, 2.45) is 23.2 Å². The molecule has 0 aromatic rings. The molecule has 1 saturated carbocycles. The van der Waals surface area contributed by atoms with Gasteiger partial charge in [0.1, 0.15) is 0 Å². The maximum Gasteiger partial charge on any atom is 0.237 e. The fourth-order valence-corrected chi connectivity index (χ4v) is 4.85. The predicted octanol–water partition coefficient (Wildman–Crippen LogP) is 1.50. The smallest absolute Gasteiger partial charge is 0.237 e. The molecular weight excluding hydrogens is 312 g/mol. The van der Waals surface area contributed by atoms with Gasteiger partial charge in [-0.2, -0.15) is 0 Å². The van der Waals surface area contributed by atoms with Crippen molar-refractivity contribution < 1.29 is 28.5 Å². The molecule has 0 amide bonds. The summed E-state index contributed by atoms with van der Waals surface area (Å²) in [5, 5.41) is 0. The molecule has 6 nitrogen and oxygen atoms in total. The average Bonchev–Trinajstić information content (AvgIpc) is 2.59. The van der Waals surface area contributed by atoms with Crippen molar-refractivity contribution in [1.29, 1.82) is 0 Å².